The molecule has 15 heavy (non-hydrogen) atoms. The Balaban J connectivity index is 2.50. The molecule has 3 nitrogen and oxygen atoms in total. The Morgan fingerprint density at radius 1 is 1.33 bits per heavy atom. The van der Waals surface area contributed by atoms with Gasteiger partial charge < -0.3 is 4.90 Å². The first kappa shape index (κ1) is 9.83. The van der Waals surface area contributed by atoms with Gasteiger partial charge in [0.25, 0.3) is 11.7 Å². The summed E-state index contributed by atoms with van der Waals surface area (Å²) in [6.45, 7) is 1.14. The monoisotopic (exact) mass is 207 g/mol. The van der Waals surface area contributed by atoms with Gasteiger partial charge in [0.05, 0.1) is 17.8 Å². The molecule has 78 valence electrons. The molecular weight excluding hydrogens is 197 g/mol. The predicted molar refractivity (Wildman–Crippen MR) is 53.8 cm³/mol. The Labute approximate surface area is 86.5 Å². The summed E-state index contributed by atoms with van der Waals surface area (Å²) in [5, 5.41) is 0. The van der Waals surface area contributed by atoms with E-state index in [4.69, 9.17) is 0 Å². The average Bonchev–Trinajstić information content (AvgIpc) is 2.44. The largest absolute Gasteiger partial charge is 0.302 e. The molecule has 1 aliphatic heterocycles. The number of carbonyl (C=O) groups excluding carboxylic acids is 2. The third-order valence-corrected chi connectivity index (χ3v) is 2.43. The van der Waals surface area contributed by atoms with Crippen molar-refractivity contribution in [3.63, 3.8) is 0 Å². The number of hydrogen-bond acceptors (Lipinski definition) is 2. The highest BCUT2D eigenvalue weighted by atomic mass is 19.1. The van der Waals surface area contributed by atoms with Crippen LogP contribution in [0.1, 0.15) is 15.9 Å². The molecule has 0 saturated heterocycles. The zero-order valence-electron chi connectivity index (χ0n) is 8.29. The lowest BCUT2D eigenvalue weighted by molar-refractivity contribution is -0.114. The minimum atomic E-state index is -0.646. The highest BCUT2D eigenvalue weighted by Gasteiger charge is 2.35. The summed E-state index contributed by atoms with van der Waals surface area (Å²) in [7, 11) is 0. The van der Waals surface area contributed by atoms with Crippen molar-refractivity contribution in [2.24, 2.45) is 0 Å². The molecule has 0 spiro atoms. The lowest BCUT2D eigenvalue weighted by atomic mass is 10.1. The van der Waals surface area contributed by atoms with Crippen molar-refractivity contribution in [3.8, 4) is 0 Å². The lowest BCUT2D eigenvalue weighted by Gasteiger charge is -2.13. The number of halogens is 1. The normalized spacial score (nSPS) is 14.7. The molecule has 1 aliphatic rings. The summed E-state index contributed by atoms with van der Waals surface area (Å²) >= 11 is 0. The van der Waals surface area contributed by atoms with Gasteiger partial charge in [-0.1, -0.05) is 11.6 Å². The van der Waals surface area contributed by atoms with Gasteiger partial charge in [-0.25, -0.2) is 4.39 Å². The SMILES string of the molecule is Cc1ccc2c(c1)C(=O)C(=O)N2CCF. The van der Waals surface area contributed by atoms with Crippen molar-refractivity contribution in [2.45, 2.75) is 6.92 Å². The van der Waals surface area contributed by atoms with Crippen molar-refractivity contribution in [1.82, 2.24) is 0 Å². The quantitative estimate of drug-likeness (QED) is 0.689. The van der Waals surface area contributed by atoms with Gasteiger partial charge >= 0.3 is 0 Å². The highest BCUT2D eigenvalue weighted by molar-refractivity contribution is 6.52. The van der Waals surface area contributed by atoms with Crippen molar-refractivity contribution in [2.75, 3.05) is 18.1 Å². The number of anilines is 1. The van der Waals surface area contributed by atoms with Gasteiger partial charge in [-0.15, -0.1) is 0 Å². The molecule has 1 amide bonds. The van der Waals surface area contributed by atoms with E-state index < -0.39 is 18.4 Å². The highest BCUT2D eigenvalue weighted by Crippen LogP contribution is 2.29. The number of hydrogen-bond donors (Lipinski definition) is 0. The Bertz CT molecular complexity index is 442. The summed E-state index contributed by atoms with van der Waals surface area (Å²) in [5.74, 6) is -1.17. The number of rotatable bonds is 2. The van der Waals surface area contributed by atoms with Crippen LogP contribution < -0.4 is 4.90 Å². The van der Waals surface area contributed by atoms with Gasteiger partial charge in [0.1, 0.15) is 6.67 Å². The molecule has 0 aromatic heterocycles. The Morgan fingerprint density at radius 2 is 2.07 bits per heavy atom. The fourth-order valence-electron chi connectivity index (χ4n) is 1.72. The average molecular weight is 207 g/mol. The summed E-state index contributed by atoms with van der Waals surface area (Å²) in [6, 6.07) is 5.15. The molecule has 1 aromatic carbocycles. The number of ketones is 1. The van der Waals surface area contributed by atoms with Crippen LogP contribution in [0.4, 0.5) is 10.1 Å². The van der Waals surface area contributed by atoms with E-state index >= 15 is 0 Å². The topological polar surface area (TPSA) is 37.4 Å². The summed E-state index contributed by atoms with van der Waals surface area (Å²) in [4.78, 5) is 24.2. The van der Waals surface area contributed by atoms with Crippen molar-refractivity contribution in [1.29, 1.82) is 0 Å². The molecule has 0 N–H and O–H groups in total. The smallest absolute Gasteiger partial charge is 0.299 e. The van der Waals surface area contributed by atoms with E-state index in [1.54, 1.807) is 18.2 Å². The van der Waals surface area contributed by atoms with E-state index in [9.17, 15) is 14.0 Å². The molecule has 0 unspecified atom stereocenters. The first-order valence-corrected chi connectivity index (χ1v) is 4.68. The van der Waals surface area contributed by atoms with Gasteiger partial charge in [-0.3, -0.25) is 9.59 Å². The minimum absolute atomic E-state index is 0.0549. The van der Waals surface area contributed by atoms with E-state index in [1.807, 2.05) is 6.92 Å². The summed E-state index contributed by atoms with van der Waals surface area (Å²) in [5.41, 5.74) is 1.82. The van der Waals surface area contributed by atoms with Crippen LogP contribution in [-0.4, -0.2) is 24.9 Å². The molecule has 0 fully saturated rings. The molecule has 4 heteroatoms. The summed E-state index contributed by atoms with van der Waals surface area (Å²) < 4.78 is 12.2. The maximum absolute atomic E-state index is 12.2. The van der Waals surface area contributed by atoms with Crippen LogP contribution in [0.5, 0.6) is 0 Å². The maximum atomic E-state index is 12.2. The van der Waals surface area contributed by atoms with E-state index in [2.05, 4.69) is 0 Å². The second-order valence-electron chi connectivity index (χ2n) is 3.50. The van der Waals surface area contributed by atoms with Crippen molar-refractivity contribution >= 4 is 17.4 Å². The van der Waals surface area contributed by atoms with Gasteiger partial charge in [0, 0.05) is 0 Å². The number of alkyl halides is 1. The van der Waals surface area contributed by atoms with Gasteiger partial charge in [0.2, 0.25) is 0 Å². The van der Waals surface area contributed by atoms with Gasteiger partial charge in [0.15, 0.2) is 0 Å². The third-order valence-electron chi connectivity index (χ3n) is 2.43. The van der Waals surface area contributed by atoms with E-state index in [0.717, 1.165) is 5.56 Å². The van der Waals surface area contributed by atoms with E-state index in [-0.39, 0.29) is 6.54 Å². The molecule has 1 heterocycles. The Kier molecular flexibility index (Phi) is 2.26. The third kappa shape index (κ3) is 1.42. The maximum Gasteiger partial charge on any atom is 0.299 e. The van der Waals surface area contributed by atoms with E-state index in [0.29, 0.717) is 11.3 Å². The lowest BCUT2D eigenvalue weighted by Crippen LogP contribution is -2.31. The van der Waals surface area contributed by atoms with Crippen LogP contribution in [0.3, 0.4) is 0 Å². The molecule has 0 aliphatic carbocycles. The number of aryl methyl sites for hydroxylation is 1. The fourth-order valence-corrected chi connectivity index (χ4v) is 1.72. The molecule has 2 rings (SSSR count). The van der Waals surface area contributed by atoms with Crippen LogP contribution in [0, 0.1) is 6.92 Å². The number of benzene rings is 1. The van der Waals surface area contributed by atoms with Crippen LogP contribution in [0.25, 0.3) is 0 Å². The second-order valence-corrected chi connectivity index (χ2v) is 3.50. The molecule has 0 atom stereocenters. The number of carbonyl (C=O) groups is 2. The van der Waals surface area contributed by atoms with Crippen LogP contribution >= 0.6 is 0 Å². The van der Waals surface area contributed by atoms with Crippen LogP contribution in [-0.2, 0) is 4.79 Å². The first-order valence-electron chi connectivity index (χ1n) is 4.68. The van der Waals surface area contributed by atoms with Crippen molar-refractivity contribution < 1.29 is 14.0 Å². The standard InChI is InChI=1S/C11H10FNO2/c1-7-2-3-9-8(6-7)10(14)11(15)13(9)5-4-12/h2-3,6H,4-5H2,1H3. The van der Waals surface area contributed by atoms with Gasteiger partial charge in [-0.2, -0.15) is 0 Å². The van der Waals surface area contributed by atoms with E-state index in [1.165, 1.54) is 4.90 Å². The van der Waals surface area contributed by atoms with Crippen LogP contribution in [0.2, 0.25) is 0 Å². The zero-order valence-corrected chi connectivity index (χ0v) is 8.29. The van der Waals surface area contributed by atoms with Crippen molar-refractivity contribution in [3.05, 3.63) is 29.3 Å². The molecule has 0 radical (unpaired) electrons. The minimum Gasteiger partial charge on any atom is -0.302 e. The molecule has 0 bridgehead atoms. The molecule has 0 saturated carbocycles. The number of Topliss-reactive ketones (excluding diaryl/α,β-unsaturated/α-hetero) is 1. The Hall–Kier alpha value is -1.71. The molecule has 1 aromatic rings. The zero-order chi connectivity index (χ0) is 11.0. The fraction of sp³-hybridized carbons (Fsp3) is 0.273. The second kappa shape index (κ2) is 3.46. The molecular formula is C11H10FNO2. The Morgan fingerprint density at radius 3 is 2.73 bits per heavy atom. The first-order chi connectivity index (χ1) is 7.15. The number of fused-ring (bicyclic) bond motifs is 1. The number of nitrogens with zero attached hydrogens (tertiary/aromatic N) is 1. The van der Waals surface area contributed by atoms with Crippen LogP contribution in [0.15, 0.2) is 18.2 Å². The summed E-state index contributed by atoms with van der Waals surface area (Å²) in [6.07, 6.45) is 0. The predicted octanol–water partition coefficient (Wildman–Crippen LogP) is 1.49. The van der Waals surface area contributed by atoms with Gasteiger partial charge in [-0.05, 0) is 19.1 Å². The number of amides is 1.